The largest absolute Gasteiger partial charge is 0.353 e. The van der Waals surface area contributed by atoms with Gasteiger partial charge in [0.05, 0.1) is 6.07 Å². The van der Waals surface area contributed by atoms with Crippen molar-refractivity contribution in [2.24, 2.45) is 11.3 Å². The fourth-order valence-corrected chi connectivity index (χ4v) is 3.24. The monoisotopic (exact) mass is 249 g/mol. The maximum atomic E-state index is 12.1. The Morgan fingerprint density at radius 3 is 2.78 bits per heavy atom. The molecule has 0 aromatic carbocycles. The summed E-state index contributed by atoms with van der Waals surface area (Å²) in [6, 6.07) is 2.66. The molecule has 0 aromatic heterocycles. The van der Waals surface area contributed by atoms with E-state index < -0.39 is 5.41 Å². The number of nitrogens with zero attached hydrogens (tertiary/aromatic N) is 2. The van der Waals surface area contributed by atoms with Gasteiger partial charge < -0.3 is 10.2 Å². The number of nitrogens with one attached hydrogen (secondary N) is 1. The van der Waals surface area contributed by atoms with Crippen molar-refractivity contribution in [1.29, 1.82) is 5.26 Å². The summed E-state index contributed by atoms with van der Waals surface area (Å²) in [7, 11) is 2.11. The molecule has 1 atom stereocenters. The lowest BCUT2D eigenvalue weighted by Crippen LogP contribution is -2.52. The molecule has 2 rings (SSSR count). The highest BCUT2D eigenvalue weighted by atomic mass is 16.2. The van der Waals surface area contributed by atoms with Crippen molar-refractivity contribution >= 4 is 5.91 Å². The molecule has 0 bridgehead atoms. The lowest BCUT2D eigenvalue weighted by Gasteiger charge is -2.40. The zero-order valence-electron chi connectivity index (χ0n) is 11.4. The van der Waals surface area contributed by atoms with E-state index in [1.54, 1.807) is 0 Å². The smallest absolute Gasteiger partial charge is 0.240 e. The second-order valence-electron chi connectivity index (χ2n) is 6.05. The normalized spacial score (nSPS) is 36.5. The van der Waals surface area contributed by atoms with E-state index in [0.29, 0.717) is 18.5 Å². The number of piperidine rings is 1. The molecule has 1 aliphatic heterocycles. The predicted octanol–water partition coefficient (Wildman–Crippen LogP) is 1.53. The Balaban J connectivity index is 1.83. The van der Waals surface area contributed by atoms with Gasteiger partial charge in [0.15, 0.2) is 0 Å². The summed E-state index contributed by atoms with van der Waals surface area (Å²) < 4.78 is 0. The Kier molecular flexibility index (Phi) is 3.91. The molecule has 0 spiro atoms. The molecule has 0 radical (unpaired) electrons. The molecule has 100 valence electrons. The van der Waals surface area contributed by atoms with Crippen molar-refractivity contribution in [2.75, 3.05) is 20.1 Å². The number of hydrogen-bond acceptors (Lipinski definition) is 3. The Bertz CT molecular complexity index is 355. The van der Waals surface area contributed by atoms with Gasteiger partial charge in [0.1, 0.15) is 5.41 Å². The minimum atomic E-state index is -0.730. The molecule has 1 unspecified atom stereocenters. The number of likely N-dealkylation sites (tertiary alicyclic amines) is 1. The molecule has 1 heterocycles. The maximum absolute atomic E-state index is 12.1. The van der Waals surface area contributed by atoms with E-state index in [0.717, 1.165) is 25.8 Å². The fraction of sp³-hybridized carbons (Fsp3) is 0.857. The number of amides is 1. The first kappa shape index (κ1) is 13.4. The van der Waals surface area contributed by atoms with E-state index in [1.165, 1.54) is 12.8 Å². The molecule has 4 heteroatoms. The van der Waals surface area contributed by atoms with Gasteiger partial charge in [-0.05, 0) is 45.2 Å². The Labute approximate surface area is 109 Å². The van der Waals surface area contributed by atoms with E-state index in [-0.39, 0.29) is 5.91 Å². The second kappa shape index (κ2) is 5.27. The molecular weight excluding hydrogens is 226 g/mol. The van der Waals surface area contributed by atoms with Gasteiger partial charge in [-0.25, -0.2) is 0 Å². The minimum Gasteiger partial charge on any atom is -0.353 e. The van der Waals surface area contributed by atoms with Crippen LogP contribution >= 0.6 is 0 Å². The molecule has 1 amide bonds. The van der Waals surface area contributed by atoms with Crippen LogP contribution < -0.4 is 5.32 Å². The zero-order chi connectivity index (χ0) is 13.2. The first-order valence-corrected chi connectivity index (χ1v) is 6.97. The summed E-state index contributed by atoms with van der Waals surface area (Å²) in [4.78, 5) is 14.4. The van der Waals surface area contributed by atoms with Crippen molar-refractivity contribution in [1.82, 2.24) is 10.2 Å². The molecule has 1 saturated heterocycles. The minimum absolute atomic E-state index is 0.0536. The SMILES string of the molecule is CC1CC(C#N)(C(=O)NCC2CCCCN2C)C1. The van der Waals surface area contributed by atoms with Crippen molar-refractivity contribution in [3.05, 3.63) is 0 Å². The first-order chi connectivity index (χ1) is 8.57. The topological polar surface area (TPSA) is 56.1 Å². The average Bonchev–Trinajstić information content (AvgIpc) is 2.33. The summed E-state index contributed by atoms with van der Waals surface area (Å²) in [5.74, 6) is 0.454. The Morgan fingerprint density at radius 1 is 1.50 bits per heavy atom. The van der Waals surface area contributed by atoms with Crippen LogP contribution in [-0.4, -0.2) is 37.0 Å². The number of likely N-dealkylation sites (N-methyl/N-ethyl adjacent to an activating group) is 1. The first-order valence-electron chi connectivity index (χ1n) is 6.97. The number of carbonyl (C=O) groups excluding carboxylic acids is 1. The molecule has 1 saturated carbocycles. The van der Waals surface area contributed by atoms with E-state index >= 15 is 0 Å². The molecule has 1 N–H and O–H groups in total. The lowest BCUT2D eigenvalue weighted by atomic mass is 9.63. The summed E-state index contributed by atoms with van der Waals surface area (Å²) in [5.41, 5.74) is -0.730. The van der Waals surface area contributed by atoms with Gasteiger partial charge in [0, 0.05) is 12.6 Å². The Hall–Kier alpha value is -1.08. The van der Waals surface area contributed by atoms with Crippen LogP contribution in [0, 0.1) is 22.7 Å². The van der Waals surface area contributed by atoms with Gasteiger partial charge >= 0.3 is 0 Å². The van der Waals surface area contributed by atoms with Crippen LogP contribution in [0.4, 0.5) is 0 Å². The highest BCUT2D eigenvalue weighted by molar-refractivity contribution is 5.86. The summed E-state index contributed by atoms with van der Waals surface area (Å²) in [6.07, 6.45) is 5.07. The summed E-state index contributed by atoms with van der Waals surface area (Å²) in [5, 5.41) is 12.2. The van der Waals surface area contributed by atoms with Gasteiger partial charge in [0.2, 0.25) is 5.91 Å². The summed E-state index contributed by atoms with van der Waals surface area (Å²) >= 11 is 0. The van der Waals surface area contributed by atoms with E-state index in [2.05, 4.69) is 30.3 Å². The van der Waals surface area contributed by atoms with Crippen molar-refractivity contribution in [3.8, 4) is 6.07 Å². The molecule has 4 nitrogen and oxygen atoms in total. The van der Waals surface area contributed by atoms with Crippen LogP contribution in [0.5, 0.6) is 0 Å². The van der Waals surface area contributed by atoms with Crippen LogP contribution in [-0.2, 0) is 4.79 Å². The highest BCUT2D eigenvalue weighted by Crippen LogP contribution is 2.45. The van der Waals surface area contributed by atoms with Crippen LogP contribution in [0.1, 0.15) is 39.0 Å². The second-order valence-corrected chi connectivity index (χ2v) is 6.05. The van der Waals surface area contributed by atoms with E-state index in [1.807, 2.05) is 0 Å². The third-order valence-electron chi connectivity index (χ3n) is 4.46. The van der Waals surface area contributed by atoms with E-state index in [9.17, 15) is 10.1 Å². The molecule has 0 aromatic rings. The fourth-order valence-electron chi connectivity index (χ4n) is 3.24. The summed E-state index contributed by atoms with van der Waals surface area (Å²) in [6.45, 7) is 3.89. The molecular formula is C14H23N3O. The van der Waals surface area contributed by atoms with Gasteiger partial charge in [-0.3, -0.25) is 4.79 Å². The van der Waals surface area contributed by atoms with Crippen molar-refractivity contribution in [2.45, 2.75) is 45.1 Å². The highest BCUT2D eigenvalue weighted by Gasteiger charge is 2.48. The third kappa shape index (κ3) is 2.51. The number of rotatable bonds is 3. The zero-order valence-corrected chi connectivity index (χ0v) is 11.4. The maximum Gasteiger partial charge on any atom is 0.240 e. The van der Waals surface area contributed by atoms with Crippen LogP contribution in [0.25, 0.3) is 0 Å². The lowest BCUT2D eigenvalue weighted by molar-refractivity contribution is -0.134. The quantitative estimate of drug-likeness (QED) is 0.825. The van der Waals surface area contributed by atoms with Crippen molar-refractivity contribution in [3.63, 3.8) is 0 Å². The van der Waals surface area contributed by atoms with Crippen LogP contribution in [0.3, 0.4) is 0 Å². The number of hydrogen-bond donors (Lipinski definition) is 1. The Morgan fingerprint density at radius 2 is 2.22 bits per heavy atom. The van der Waals surface area contributed by atoms with Gasteiger partial charge in [-0.15, -0.1) is 0 Å². The molecule has 1 aliphatic carbocycles. The molecule has 2 aliphatic rings. The number of carbonyl (C=O) groups is 1. The van der Waals surface area contributed by atoms with Crippen LogP contribution in [0.2, 0.25) is 0 Å². The van der Waals surface area contributed by atoms with Gasteiger partial charge in [0.25, 0.3) is 0 Å². The van der Waals surface area contributed by atoms with Gasteiger partial charge in [-0.2, -0.15) is 5.26 Å². The average molecular weight is 249 g/mol. The predicted molar refractivity (Wildman–Crippen MR) is 69.7 cm³/mol. The van der Waals surface area contributed by atoms with Crippen LogP contribution in [0.15, 0.2) is 0 Å². The van der Waals surface area contributed by atoms with Gasteiger partial charge in [-0.1, -0.05) is 13.3 Å². The molecule has 18 heavy (non-hydrogen) atoms. The third-order valence-corrected chi connectivity index (χ3v) is 4.46. The molecule has 2 fully saturated rings. The standard InChI is InChI=1S/C14H23N3O/c1-11-7-14(8-11,10-15)13(18)16-9-12-5-3-4-6-17(12)2/h11-12H,3-9H2,1-2H3,(H,16,18). The van der Waals surface area contributed by atoms with E-state index in [4.69, 9.17) is 0 Å². The number of nitriles is 1. The van der Waals surface area contributed by atoms with Crippen molar-refractivity contribution < 1.29 is 4.79 Å².